The predicted octanol–water partition coefficient (Wildman–Crippen LogP) is 0.467. The molecular weight excluding hydrogens is 214 g/mol. The molecule has 1 amide bonds. The predicted molar refractivity (Wildman–Crippen MR) is 66.5 cm³/mol. The third kappa shape index (κ3) is 2.99. The molecule has 0 bridgehead atoms. The van der Waals surface area contributed by atoms with Crippen molar-refractivity contribution >= 4 is 5.91 Å². The molecule has 0 aromatic carbocycles. The summed E-state index contributed by atoms with van der Waals surface area (Å²) in [5, 5.41) is 3.14. The van der Waals surface area contributed by atoms with Crippen molar-refractivity contribution in [3.63, 3.8) is 0 Å². The van der Waals surface area contributed by atoms with E-state index in [-0.39, 0.29) is 11.9 Å². The number of nitrogens with one attached hydrogen (secondary N) is 1. The molecule has 0 radical (unpaired) electrons. The smallest absolute Gasteiger partial charge is 0.221 e. The third-order valence-electron chi connectivity index (χ3n) is 4.30. The summed E-state index contributed by atoms with van der Waals surface area (Å²) < 4.78 is 0. The molecule has 4 nitrogen and oxygen atoms in total. The van der Waals surface area contributed by atoms with Crippen LogP contribution in [-0.4, -0.2) is 42.0 Å². The van der Waals surface area contributed by atoms with Crippen LogP contribution in [0.4, 0.5) is 0 Å². The molecule has 96 valence electrons. The largest absolute Gasteiger partial charge is 0.352 e. The zero-order valence-corrected chi connectivity index (χ0v) is 10.4. The van der Waals surface area contributed by atoms with Crippen LogP contribution < -0.4 is 11.1 Å². The molecule has 0 spiro atoms. The van der Waals surface area contributed by atoms with E-state index in [1.165, 1.54) is 25.7 Å². The van der Waals surface area contributed by atoms with E-state index in [1.54, 1.807) is 0 Å². The minimum absolute atomic E-state index is 0.0935. The molecule has 3 fully saturated rings. The lowest BCUT2D eigenvalue weighted by molar-refractivity contribution is -0.122. The Morgan fingerprint density at radius 2 is 2.06 bits per heavy atom. The van der Waals surface area contributed by atoms with Gasteiger partial charge in [0.05, 0.1) is 0 Å². The fourth-order valence-electron chi connectivity index (χ4n) is 2.87. The molecule has 1 heterocycles. The number of hydrogen-bond acceptors (Lipinski definition) is 3. The van der Waals surface area contributed by atoms with Crippen LogP contribution in [0.3, 0.4) is 0 Å². The summed E-state index contributed by atoms with van der Waals surface area (Å²) in [6.07, 6.45) is 6.77. The van der Waals surface area contributed by atoms with Gasteiger partial charge < -0.3 is 11.1 Å². The van der Waals surface area contributed by atoms with Gasteiger partial charge in [-0.25, -0.2) is 0 Å². The van der Waals surface area contributed by atoms with E-state index < -0.39 is 0 Å². The Morgan fingerprint density at radius 1 is 1.29 bits per heavy atom. The Morgan fingerprint density at radius 3 is 2.71 bits per heavy atom. The summed E-state index contributed by atoms with van der Waals surface area (Å²) in [7, 11) is 0. The molecule has 1 aliphatic heterocycles. The molecule has 3 N–H and O–H groups in total. The van der Waals surface area contributed by atoms with Crippen LogP contribution in [0, 0.1) is 5.92 Å². The van der Waals surface area contributed by atoms with Crippen LogP contribution in [0.1, 0.15) is 38.5 Å². The normalized spacial score (nSPS) is 31.5. The zero-order valence-electron chi connectivity index (χ0n) is 10.4. The molecule has 4 heteroatoms. The van der Waals surface area contributed by atoms with Crippen molar-refractivity contribution in [1.29, 1.82) is 0 Å². The second-order valence-electron chi connectivity index (χ2n) is 5.98. The fourth-order valence-corrected chi connectivity index (χ4v) is 2.87. The lowest BCUT2D eigenvalue weighted by Gasteiger charge is -2.17. The van der Waals surface area contributed by atoms with Gasteiger partial charge in [0.1, 0.15) is 0 Å². The van der Waals surface area contributed by atoms with E-state index in [4.69, 9.17) is 5.73 Å². The fraction of sp³-hybridized carbons (Fsp3) is 0.923. The van der Waals surface area contributed by atoms with Crippen molar-refractivity contribution in [2.75, 3.05) is 13.1 Å². The maximum absolute atomic E-state index is 11.8. The van der Waals surface area contributed by atoms with E-state index in [9.17, 15) is 4.79 Å². The number of likely N-dealkylation sites (tertiary alicyclic amines) is 1. The standard InChI is InChI=1S/C13H23N3O/c14-12(9-1-2-9)7-13(17)15-10-5-6-16(8-10)11-3-4-11/h9-12H,1-8,14H2,(H,15,17). The van der Waals surface area contributed by atoms with Crippen LogP contribution in [0.2, 0.25) is 0 Å². The average Bonchev–Trinajstić information content (AvgIpc) is 3.18. The molecule has 2 atom stereocenters. The first-order chi connectivity index (χ1) is 8.22. The van der Waals surface area contributed by atoms with Gasteiger partial charge in [-0.05, 0) is 38.0 Å². The highest BCUT2D eigenvalue weighted by Crippen LogP contribution is 2.33. The SMILES string of the molecule is NC(CC(=O)NC1CCN(C2CC2)C1)C1CC1. The van der Waals surface area contributed by atoms with Crippen LogP contribution in [0.15, 0.2) is 0 Å². The average molecular weight is 237 g/mol. The molecular formula is C13H23N3O. The number of nitrogens with two attached hydrogens (primary N) is 1. The summed E-state index contributed by atoms with van der Waals surface area (Å²) in [4.78, 5) is 14.3. The van der Waals surface area contributed by atoms with E-state index in [2.05, 4.69) is 10.2 Å². The molecule has 2 unspecified atom stereocenters. The highest BCUT2D eigenvalue weighted by molar-refractivity contribution is 5.77. The van der Waals surface area contributed by atoms with Gasteiger partial charge in [-0.15, -0.1) is 0 Å². The summed E-state index contributed by atoms with van der Waals surface area (Å²) in [5.74, 6) is 0.777. The lowest BCUT2D eigenvalue weighted by atomic mass is 10.1. The molecule has 0 aromatic heterocycles. The van der Waals surface area contributed by atoms with Gasteiger partial charge in [-0.3, -0.25) is 9.69 Å². The maximum atomic E-state index is 11.8. The number of rotatable bonds is 5. The third-order valence-corrected chi connectivity index (χ3v) is 4.30. The number of carbonyl (C=O) groups is 1. The Bertz CT molecular complexity index is 299. The van der Waals surface area contributed by atoms with Gasteiger partial charge in [0, 0.05) is 37.6 Å². The van der Waals surface area contributed by atoms with E-state index in [0.717, 1.165) is 25.6 Å². The van der Waals surface area contributed by atoms with Gasteiger partial charge in [-0.2, -0.15) is 0 Å². The first kappa shape index (κ1) is 11.5. The first-order valence-corrected chi connectivity index (χ1v) is 7.01. The van der Waals surface area contributed by atoms with Crippen molar-refractivity contribution in [1.82, 2.24) is 10.2 Å². The summed E-state index contributed by atoms with van der Waals surface area (Å²) in [6, 6.07) is 1.29. The van der Waals surface area contributed by atoms with Gasteiger partial charge in [0.15, 0.2) is 0 Å². The van der Waals surface area contributed by atoms with E-state index in [0.29, 0.717) is 18.4 Å². The molecule has 3 aliphatic rings. The van der Waals surface area contributed by atoms with E-state index in [1.807, 2.05) is 0 Å². The van der Waals surface area contributed by atoms with Crippen molar-refractivity contribution in [3.8, 4) is 0 Å². The quantitative estimate of drug-likeness (QED) is 0.730. The first-order valence-electron chi connectivity index (χ1n) is 7.01. The minimum Gasteiger partial charge on any atom is -0.352 e. The molecule has 17 heavy (non-hydrogen) atoms. The molecule has 2 aliphatic carbocycles. The molecule has 0 aromatic rings. The van der Waals surface area contributed by atoms with Crippen molar-refractivity contribution in [2.24, 2.45) is 11.7 Å². The van der Waals surface area contributed by atoms with E-state index >= 15 is 0 Å². The zero-order chi connectivity index (χ0) is 11.8. The number of carbonyl (C=O) groups excluding carboxylic acids is 1. The number of hydrogen-bond donors (Lipinski definition) is 2. The summed E-state index contributed by atoms with van der Waals surface area (Å²) in [5.41, 5.74) is 5.97. The maximum Gasteiger partial charge on any atom is 0.221 e. The topological polar surface area (TPSA) is 58.4 Å². The van der Waals surface area contributed by atoms with Crippen LogP contribution in [-0.2, 0) is 4.79 Å². The minimum atomic E-state index is 0.0935. The van der Waals surface area contributed by atoms with Gasteiger partial charge in [0.25, 0.3) is 0 Å². The van der Waals surface area contributed by atoms with Crippen molar-refractivity contribution < 1.29 is 4.79 Å². The lowest BCUT2D eigenvalue weighted by Crippen LogP contribution is -2.40. The Kier molecular flexibility index (Phi) is 3.09. The van der Waals surface area contributed by atoms with Gasteiger partial charge in [0.2, 0.25) is 5.91 Å². The van der Waals surface area contributed by atoms with Gasteiger partial charge >= 0.3 is 0 Å². The monoisotopic (exact) mass is 237 g/mol. The Balaban J connectivity index is 1.39. The molecule has 2 saturated carbocycles. The highest BCUT2D eigenvalue weighted by atomic mass is 16.1. The van der Waals surface area contributed by atoms with Crippen molar-refractivity contribution in [3.05, 3.63) is 0 Å². The second-order valence-corrected chi connectivity index (χ2v) is 5.98. The van der Waals surface area contributed by atoms with Gasteiger partial charge in [-0.1, -0.05) is 0 Å². The summed E-state index contributed by atoms with van der Waals surface area (Å²) in [6.45, 7) is 2.21. The van der Waals surface area contributed by atoms with Crippen LogP contribution in [0.25, 0.3) is 0 Å². The van der Waals surface area contributed by atoms with Crippen LogP contribution >= 0.6 is 0 Å². The second kappa shape index (κ2) is 4.58. The molecule has 3 rings (SSSR count). The highest BCUT2D eigenvalue weighted by Gasteiger charge is 2.35. The van der Waals surface area contributed by atoms with Crippen LogP contribution in [0.5, 0.6) is 0 Å². The Labute approximate surface area is 103 Å². The van der Waals surface area contributed by atoms with Crippen molar-refractivity contribution in [2.45, 2.75) is 56.7 Å². The summed E-state index contributed by atoms with van der Waals surface area (Å²) >= 11 is 0. The molecule has 1 saturated heterocycles. The number of nitrogens with zero attached hydrogens (tertiary/aromatic N) is 1. The Hall–Kier alpha value is -0.610. The number of amides is 1.